The average molecular weight is 289 g/mol. The molecule has 0 spiro atoms. The molecule has 2 N–H and O–H groups in total. The number of nitrogens with two attached hydrogens (primary N) is 1. The molecule has 3 heteroatoms. The number of hydrogen-bond donors (Lipinski definition) is 1. The molecule has 116 valence electrons. The zero-order valence-electron chi connectivity index (χ0n) is 13.3. The van der Waals surface area contributed by atoms with E-state index in [1.807, 2.05) is 0 Å². The van der Waals surface area contributed by atoms with Crippen LogP contribution in [-0.2, 0) is 9.53 Å². The minimum absolute atomic E-state index is 0.120. The minimum Gasteiger partial charge on any atom is -0.396 e. The van der Waals surface area contributed by atoms with E-state index in [4.69, 9.17) is 10.5 Å². The molecule has 0 aromatic rings. The van der Waals surface area contributed by atoms with Crippen molar-refractivity contribution in [1.29, 1.82) is 0 Å². The molecule has 0 unspecified atom stereocenters. The summed E-state index contributed by atoms with van der Waals surface area (Å²) in [6, 6.07) is 0. The van der Waals surface area contributed by atoms with Crippen LogP contribution in [0.5, 0.6) is 0 Å². The van der Waals surface area contributed by atoms with Gasteiger partial charge in [-0.05, 0) is 74.2 Å². The quantitative estimate of drug-likeness (QED) is 0.745. The normalized spacial score (nSPS) is 49.6. The molecule has 1 saturated heterocycles. The second-order valence-electron chi connectivity index (χ2n) is 8.14. The Bertz CT molecular complexity index is 525. The Labute approximate surface area is 127 Å². The molecule has 3 nitrogen and oxygen atoms in total. The van der Waals surface area contributed by atoms with E-state index in [1.54, 1.807) is 0 Å². The monoisotopic (exact) mass is 289 g/mol. The van der Waals surface area contributed by atoms with Gasteiger partial charge < -0.3 is 10.5 Å². The lowest BCUT2D eigenvalue weighted by Crippen LogP contribution is -2.52. The highest BCUT2D eigenvalue weighted by Crippen LogP contribution is 2.62. The highest BCUT2D eigenvalue weighted by atomic mass is 16.5. The van der Waals surface area contributed by atoms with Crippen LogP contribution in [-0.4, -0.2) is 18.0 Å². The predicted molar refractivity (Wildman–Crippen MR) is 81.5 cm³/mol. The summed E-state index contributed by atoms with van der Waals surface area (Å²) in [7, 11) is 0. The number of fused-ring (bicyclic) bond motifs is 5. The van der Waals surface area contributed by atoms with Crippen molar-refractivity contribution in [1.82, 2.24) is 0 Å². The van der Waals surface area contributed by atoms with E-state index in [1.165, 1.54) is 31.3 Å². The van der Waals surface area contributed by atoms with Crippen molar-refractivity contribution < 1.29 is 9.53 Å². The van der Waals surface area contributed by atoms with Crippen LogP contribution in [0, 0.1) is 23.2 Å². The van der Waals surface area contributed by atoms with Gasteiger partial charge in [0.25, 0.3) is 0 Å². The summed E-state index contributed by atoms with van der Waals surface area (Å²) in [5.74, 6) is 2.37. The number of allylic oxidation sites excluding steroid dienone is 2. The minimum atomic E-state index is 0.120. The Morgan fingerprint density at radius 3 is 2.71 bits per heavy atom. The Kier molecular flexibility index (Phi) is 2.86. The van der Waals surface area contributed by atoms with Crippen LogP contribution >= 0.6 is 0 Å². The summed E-state index contributed by atoms with van der Waals surface area (Å²) in [6.45, 7) is 5.65. The van der Waals surface area contributed by atoms with E-state index in [9.17, 15) is 4.79 Å². The maximum atomic E-state index is 12.0. The standard InChI is InChI=1S/C18H27NO2/c1-17-8-6-15(20)16(19)14(17)4-3-11-12(17)5-9-18(2)13(11)7-10-21-18/h11-13H,3-10,19H2,1-2H3/t11-,12-,13+,17-,18+/m1/s1. The Morgan fingerprint density at radius 2 is 1.90 bits per heavy atom. The summed E-state index contributed by atoms with van der Waals surface area (Å²) in [6.07, 6.45) is 7.52. The first-order chi connectivity index (χ1) is 9.96. The fourth-order valence-corrected chi connectivity index (χ4v) is 6.16. The van der Waals surface area contributed by atoms with Crippen molar-refractivity contribution in [2.75, 3.05) is 6.61 Å². The molecule has 0 bridgehead atoms. The molecule has 5 atom stereocenters. The fraction of sp³-hybridized carbons (Fsp3) is 0.833. The topological polar surface area (TPSA) is 52.3 Å². The van der Waals surface area contributed by atoms with Crippen LogP contribution < -0.4 is 5.73 Å². The summed E-state index contributed by atoms with van der Waals surface area (Å²) in [5, 5.41) is 0. The van der Waals surface area contributed by atoms with Crippen LogP contribution in [0.2, 0.25) is 0 Å². The first-order valence-corrected chi connectivity index (χ1v) is 8.62. The highest BCUT2D eigenvalue weighted by Gasteiger charge is 2.57. The van der Waals surface area contributed by atoms with Crippen LogP contribution in [0.3, 0.4) is 0 Å². The molecule has 1 aliphatic heterocycles. The van der Waals surface area contributed by atoms with E-state index in [0.29, 0.717) is 24.0 Å². The molecule has 4 rings (SSSR count). The van der Waals surface area contributed by atoms with Gasteiger partial charge in [0.05, 0.1) is 11.3 Å². The molecule has 4 aliphatic rings. The van der Waals surface area contributed by atoms with Gasteiger partial charge in [-0.1, -0.05) is 6.92 Å². The van der Waals surface area contributed by atoms with Gasteiger partial charge >= 0.3 is 0 Å². The molecular weight excluding hydrogens is 262 g/mol. The van der Waals surface area contributed by atoms with Gasteiger partial charge in [-0.2, -0.15) is 0 Å². The van der Waals surface area contributed by atoms with Gasteiger partial charge in [0.1, 0.15) is 0 Å². The Balaban J connectivity index is 1.72. The molecule has 0 radical (unpaired) electrons. The van der Waals surface area contributed by atoms with Crippen LogP contribution in [0.25, 0.3) is 0 Å². The Hall–Kier alpha value is -0.830. The van der Waals surface area contributed by atoms with E-state index in [2.05, 4.69) is 13.8 Å². The van der Waals surface area contributed by atoms with Crippen LogP contribution in [0.4, 0.5) is 0 Å². The van der Waals surface area contributed by atoms with Gasteiger partial charge in [0.2, 0.25) is 0 Å². The zero-order valence-corrected chi connectivity index (χ0v) is 13.3. The molecule has 21 heavy (non-hydrogen) atoms. The average Bonchev–Trinajstić information content (AvgIpc) is 2.85. The third-order valence-corrected chi connectivity index (χ3v) is 7.36. The lowest BCUT2D eigenvalue weighted by atomic mass is 9.48. The van der Waals surface area contributed by atoms with E-state index < -0.39 is 0 Å². The lowest BCUT2D eigenvalue weighted by molar-refractivity contribution is -0.120. The van der Waals surface area contributed by atoms with Gasteiger partial charge in [-0.15, -0.1) is 0 Å². The van der Waals surface area contributed by atoms with Crippen molar-refractivity contribution in [3.8, 4) is 0 Å². The van der Waals surface area contributed by atoms with Gasteiger partial charge in [-0.25, -0.2) is 0 Å². The van der Waals surface area contributed by atoms with E-state index in [-0.39, 0.29) is 16.8 Å². The molecule has 3 fully saturated rings. The molecule has 1 heterocycles. The fourth-order valence-electron chi connectivity index (χ4n) is 6.16. The van der Waals surface area contributed by atoms with E-state index >= 15 is 0 Å². The number of ether oxygens (including phenoxy) is 1. The summed E-state index contributed by atoms with van der Waals surface area (Å²) in [4.78, 5) is 12.0. The second-order valence-corrected chi connectivity index (χ2v) is 8.14. The maximum absolute atomic E-state index is 12.0. The molecular formula is C18H27NO2. The van der Waals surface area contributed by atoms with Crippen molar-refractivity contribution in [2.24, 2.45) is 28.9 Å². The summed E-state index contributed by atoms with van der Waals surface area (Å²) in [5.41, 5.74) is 8.37. The van der Waals surface area contributed by atoms with Gasteiger partial charge in [-0.3, -0.25) is 4.79 Å². The van der Waals surface area contributed by atoms with Crippen LogP contribution in [0.15, 0.2) is 11.3 Å². The van der Waals surface area contributed by atoms with Crippen molar-refractivity contribution in [2.45, 2.75) is 64.4 Å². The molecule has 3 aliphatic carbocycles. The van der Waals surface area contributed by atoms with Crippen LogP contribution in [0.1, 0.15) is 58.8 Å². The summed E-state index contributed by atoms with van der Waals surface area (Å²) < 4.78 is 6.11. The third kappa shape index (κ3) is 1.73. The van der Waals surface area contributed by atoms with E-state index in [0.717, 1.165) is 25.4 Å². The number of carbonyl (C=O) groups excluding carboxylic acids is 1. The number of hydrogen-bond acceptors (Lipinski definition) is 3. The second kappa shape index (κ2) is 4.34. The maximum Gasteiger partial charge on any atom is 0.178 e. The first kappa shape index (κ1) is 13.8. The summed E-state index contributed by atoms with van der Waals surface area (Å²) >= 11 is 0. The molecule has 0 aromatic carbocycles. The molecule has 0 aromatic heterocycles. The predicted octanol–water partition coefficient (Wildman–Crippen LogP) is 3.18. The number of ketones is 1. The lowest BCUT2D eigenvalue weighted by Gasteiger charge is -2.56. The smallest absolute Gasteiger partial charge is 0.178 e. The SMILES string of the molecule is C[C@]12CCC(=O)C(N)=C1CC[C@@H]1[C@H]2CC[C@]2(C)OCC[C@@H]12. The van der Waals surface area contributed by atoms with Crippen molar-refractivity contribution >= 4 is 5.78 Å². The highest BCUT2D eigenvalue weighted by molar-refractivity contribution is 5.96. The zero-order chi connectivity index (χ0) is 14.8. The van der Waals surface area contributed by atoms with Crippen molar-refractivity contribution in [3.63, 3.8) is 0 Å². The number of rotatable bonds is 0. The molecule has 2 saturated carbocycles. The Morgan fingerprint density at radius 1 is 1.10 bits per heavy atom. The largest absolute Gasteiger partial charge is 0.396 e. The van der Waals surface area contributed by atoms with Gasteiger partial charge in [0, 0.05) is 13.0 Å². The molecule has 0 amide bonds. The van der Waals surface area contributed by atoms with Crippen molar-refractivity contribution in [3.05, 3.63) is 11.3 Å². The number of carbonyl (C=O) groups is 1. The first-order valence-electron chi connectivity index (χ1n) is 8.62. The third-order valence-electron chi connectivity index (χ3n) is 7.36. The number of Topliss-reactive ketones (excluding diaryl/α,β-unsaturated/α-hetero) is 1. The van der Waals surface area contributed by atoms with Gasteiger partial charge in [0.15, 0.2) is 5.78 Å².